The molecule has 0 heterocycles. The summed E-state index contributed by atoms with van der Waals surface area (Å²) >= 11 is 4.68. The van der Waals surface area contributed by atoms with Gasteiger partial charge < -0.3 is 4.74 Å². The van der Waals surface area contributed by atoms with Crippen molar-refractivity contribution in [2.75, 3.05) is 6.61 Å². The Kier molecular flexibility index (Phi) is 12.1. The van der Waals surface area contributed by atoms with Gasteiger partial charge in [-0.25, -0.2) is 0 Å². The van der Waals surface area contributed by atoms with Crippen LogP contribution in [0.3, 0.4) is 0 Å². The summed E-state index contributed by atoms with van der Waals surface area (Å²) in [7, 11) is 0. The van der Waals surface area contributed by atoms with Gasteiger partial charge in [-0.1, -0.05) is 64.7 Å². The van der Waals surface area contributed by atoms with Gasteiger partial charge in [-0.3, -0.25) is 0 Å². The van der Waals surface area contributed by atoms with Crippen molar-refractivity contribution >= 4 is 45.2 Å². The van der Waals surface area contributed by atoms with E-state index in [-0.39, 0.29) is 0 Å². The highest BCUT2D eigenvalue weighted by Crippen LogP contribution is 2.23. The van der Waals surface area contributed by atoms with Crippen LogP contribution in [-0.2, 0) is 0 Å². The molecule has 0 saturated heterocycles. The molecule has 21 heavy (non-hydrogen) atoms. The first-order valence-corrected chi connectivity index (χ1v) is 10.5. The molecule has 1 aromatic rings. The molecule has 0 fully saturated rings. The molecule has 0 unspecified atom stereocenters. The minimum atomic E-state index is 0.854. The molecule has 1 aromatic carbocycles. The maximum Gasteiger partial charge on any atom is 0.133 e. The number of halogens is 2. The lowest BCUT2D eigenvalue weighted by Gasteiger charge is -2.08. The van der Waals surface area contributed by atoms with E-state index in [4.69, 9.17) is 4.74 Å². The average Bonchev–Trinajstić information content (AvgIpc) is 2.48. The summed E-state index contributed by atoms with van der Waals surface area (Å²) in [5.74, 6) is 1.04. The molecule has 0 aromatic heterocycles. The van der Waals surface area contributed by atoms with Crippen molar-refractivity contribution in [3.8, 4) is 5.75 Å². The molecule has 0 atom stereocenters. The van der Waals surface area contributed by atoms with Crippen molar-refractivity contribution in [1.29, 1.82) is 0 Å². The van der Waals surface area contributed by atoms with Gasteiger partial charge in [0.05, 0.1) is 10.2 Å². The third-order valence-corrected chi connectivity index (χ3v) is 5.21. The highest BCUT2D eigenvalue weighted by atomic mass is 127. The maximum atomic E-state index is 5.88. The van der Waals surface area contributed by atoms with Gasteiger partial charge in [-0.15, -0.1) is 0 Å². The van der Waals surface area contributed by atoms with E-state index in [0.29, 0.717) is 0 Å². The van der Waals surface area contributed by atoms with Gasteiger partial charge >= 0.3 is 0 Å². The molecule has 0 spiro atoms. The molecule has 0 aliphatic heterocycles. The van der Waals surface area contributed by atoms with Crippen LogP contribution >= 0.6 is 45.2 Å². The van der Waals surface area contributed by atoms with Crippen LogP contribution < -0.4 is 4.74 Å². The number of hydrogen-bond donors (Lipinski definition) is 0. The Labute approximate surface area is 157 Å². The number of hydrogen-bond acceptors (Lipinski definition) is 1. The monoisotopic (exact) mass is 514 g/mol. The van der Waals surface area contributed by atoms with Crippen molar-refractivity contribution in [2.45, 2.75) is 71.1 Å². The molecule has 0 amide bonds. The second kappa shape index (κ2) is 13.0. The van der Waals surface area contributed by atoms with E-state index in [1.807, 2.05) is 0 Å². The van der Waals surface area contributed by atoms with Crippen molar-refractivity contribution in [1.82, 2.24) is 0 Å². The van der Waals surface area contributed by atoms with Crippen LogP contribution in [0.2, 0.25) is 0 Å². The Bertz CT molecular complexity index is 379. The molecular formula is C18H28I2O. The highest BCUT2D eigenvalue weighted by Gasteiger charge is 2.01. The minimum absolute atomic E-state index is 0.854. The van der Waals surface area contributed by atoms with Gasteiger partial charge in [0, 0.05) is 3.57 Å². The normalized spacial score (nSPS) is 10.8. The molecule has 1 rings (SSSR count). The molecule has 0 aliphatic rings. The Balaban J connectivity index is 1.94. The Morgan fingerprint density at radius 1 is 0.810 bits per heavy atom. The van der Waals surface area contributed by atoms with Crippen LogP contribution in [0.5, 0.6) is 5.75 Å². The number of ether oxygens (including phenoxy) is 1. The summed E-state index contributed by atoms with van der Waals surface area (Å²) in [6, 6.07) is 6.37. The Morgan fingerprint density at radius 2 is 1.38 bits per heavy atom. The van der Waals surface area contributed by atoms with E-state index in [0.717, 1.165) is 12.4 Å². The molecule has 0 aliphatic carbocycles. The molecule has 1 nitrogen and oxygen atoms in total. The first-order chi connectivity index (χ1) is 10.2. The molecule has 3 heteroatoms. The third-order valence-electron chi connectivity index (χ3n) is 3.65. The number of benzene rings is 1. The van der Waals surface area contributed by atoms with E-state index in [1.54, 1.807) is 0 Å². The van der Waals surface area contributed by atoms with E-state index >= 15 is 0 Å². The number of rotatable bonds is 12. The van der Waals surface area contributed by atoms with Gasteiger partial charge in [-0.05, 0) is 69.8 Å². The summed E-state index contributed by atoms with van der Waals surface area (Å²) in [6.45, 7) is 3.13. The molecule has 120 valence electrons. The fourth-order valence-electron chi connectivity index (χ4n) is 2.36. The molecular weight excluding hydrogens is 486 g/mol. The minimum Gasteiger partial charge on any atom is -0.492 e. The standard InChI is InChI=1S/C18H28I2O/c1-2-3-4-5-6-7-8-9-10-11-14-21-18-15-16(19)12-13-17(18)20/h12-13,15H,2-11,14H2,1H3. The Morgan fingerprint density at radius 3 is 2.00 bits per heavy atom. The lowest BCUT2D eigenvalue weighted by Crippen LogP contribution is -1.99. The highest BCUT2D eigenvalue weighted by molar-refractivity contribution is 14.1. The smallest absolute Gasteiger partial charge is 0.133 e. The fraction of sp³-hybridized carbons (Fsp3) is 0.667. The zero-order valence-electron chi connectivity index (χ0n) is 13.2. The van der Waals surface area contributed by atoms with E-state index in [1.165, 1.54) is 71.3 Å². The summed E-state index contributed by atoms with van der Waals surface area (Å²) in [5.41, 5.74) is 0. The first-order valence-electron chi connectivity index (χ1n) is 8.32. The zero-order valence-corrected chi connectivity index (χ0v) is 17.5. The second-order valence-electron chi connectivity index (χ2n) is 5.61. The van der Waals surface area contributed by atoms with Gasteiger partial charge in [-0.2, -0.15) is 0 Å². The summed E-state index contributed by atoms with van der Waals surface area (Å²) in [5, 5.41) is 0. The largest absolute Gasteiger partial charge is 0.492 e. The second-order valence-corrected chi connectivity index (χ2v) is 8.01. The molecule has 0 saturated carbocycles. The van der Waals surface area contributed by atoms with Crippen molar-refractivity contribution in [3.63, 3.8) is 0 Å². The topological polar surface area (TPSA) is 9.23 Å². The summed E-state index contributed by atoms with van der Waals surface area (Å²) < 4.78 is 8.33. The van der Waals surface area contributed by atoms with Crippen LogP contribution in [0.4, 0.5) is 0 Å². The first kappa shape index (κ1) is 19.5. The van der Waals surface area contributed by atoms with Crippen LogP contribution in [0.25, 0.3) is 0 Å². The van der Waals surface area contributed by atoms with Crippen LogP contribution in [0.1, 0.15) is 71.1 Å². The molecule has 0 radical (unpaired) electrons. The van der Waals surface area contributed by atoms with Gasteiger partial charge in [0.2, 0.25) is 0 Å². The quantitative estimate of drug-likeness (QED) is 0.212. The van der Waals surface area contributed by atoms with Crippen LogP contribution in [-0.4, -0.2) is 6.61 Å². The summed E-state index contributed by atoms with van der Waals surface area (Å²) in [6.07, 6.45) is 13.7. The third kappa shape index (κ3) is 9.97. The van der Waals surface area contributed by atoms with E-state index in [2.05, 4.69) is 70.3 Å². The predicted molar refractivity (Wildman–Crippen MR) is 109 cm³/mol. The fourth-order valence-corrected chi connectivity index (χ4v) is 3.31. The Hall–Kier alpha value is 0.480. The van der Waals surface area contributed by atoms with Crippen LogP contribution in [0, 0.1) is 7.14 Å². The zero-order chi connectivity index (χ0) is 15.3. The van der Waals surface area contributed by atoms with Crippen molar-refractivity contribution in [2.24, 2.45) is 0 Å². The van der Waals surface area contributed by atoms with Gasteiger partial charge in [0.25, 0.3) is 0 Å². The van der Waals surface area contributed by atoms with E-state index in [9.17, 15) is 0 Å². The average molecular weight is 514 g/mol. The van der Waals surface area contributed by atoms with Crippen LogP contribution in [0.15, 0.2) is 18.2 Å². The summed E-state index contributed by atoms with van der Waals surface area (Å²) in [4.78, 5) is 0. The van der Waals surface area contributed by atoms with Crippen molar-refractivity contribution < 1.29 is 4.74 Å². The lowest BCUT2D eigenvalue weighted by molar-refractivity contribution is 0.302. The van der Waals surface area contributed by atoms with E-state index < -0.39 is 0 Å². The molecule has 0 bridgehead atoms. The van der Waals surface area contributed by atoms with Gasteiger partial charge in [0.1, 0.15) is 5.75 Å². The SMILES string of the molecule is CCCCCCCCCCCCOc1cc(I)ccc1I. The predicted octanol–water partition coefficient (Wildman–Crippen LogP) is 7.20. The molecule has 0 N–H and O–H groups in total. The maximum absolute atomic E-state index is 5.88. The van der Waals surface area contributed by atoms with Gasteiger partial charge in [0.15, 0.2) is 0 Å². The van der Waals surface area contributed by atoms with Crippen molar-refractivity contribution in [3.05, 3.63) is 25.3 Å². The number of unbranched alkanes of at least 4 members (excludes halogenated alkanes) is 9. The lowest BCUT2D eigenvalue weighted by atomic mass is 10.1.